The van der Waals surface area contributed by atoms with Crippen molar-refractivity contribution in [2.24, 2.45) is 0 Å². The first-order chi connectivity index (χ1) is 13.0. The summed E-state index contributed by atoms with van der Waals surface area (Å²) in [5, 5.41) is 4.02. The number of halogens is 1. The lowest BCUT2D eigenvalue weighted by Gasteiger charge is -2.15. The summed E-state index contributed by atoms with van der Waals surface area (Å²) in [7, 11) is 0. The number of amides is 2. The normalized spacial score (nSPS) is 14.8. The molecular weight excluding hydrogens is 382 g/mol. The van der Waals surface area contributed by atoms with Crippen molar-refractivity contribution >= 4 is 35.2 Å². The van der Waals surface area contributed by atoms with E-state index >= 15 is 0 Å². The minimum absolute atomic E-state index is 0.0327. The first-order valence-electron chi connectivity index (χ1n) is 8.97. The van der Waals surface area contributed by atoms with E-state index < -0.39 is 0 Å². The molecule has 1 aromatic heterocycles. The largest absolute Gasteiger partial charge is 0.351 e. The second-order valence-corrected chi connectivity index (χ2v) is 8.29. The van der Waals surface area contributed by atoms with Crippen molar-refractivity contribution in [2.75, 3.05) is 13.1 Å². The van der Waals surface area contributed by atoms with Gasteiger partial charge in [0.05, 0.1) is 15.8 Å². The zero-order valence-electron chi connectivity index (χ0n) is 15.2. The van der Waals surface area contributed by atoms with E-state index in [9.17, 15) is 9.59 Å². The SMILES string of the molecule is CC(Sc1ccc(C(=O)N2CCCC2)cn1)C(=O)NCc1ccc(Cl)cc1. The van der Waals surface area contributed by atoms with Crippen LogP contribution in [0.25, 0.3) is 0 Å². The number of rotatable bonds is 6. The fourth-order valence-electron chi connectivity index (χ4n) is 2.85. The number of aromatic nitrogens is 1. The second kappa shape index (κ2) is 9.24. The van der Waals surface area contributed by atoms with E-state index in [1.165, 1.54) is 11.8 Å². The van der Waals surface area contributed by atoms with Crippen molar-refractivity contribution < 1.29 is 9.59 Å². The Balaban J connectivity index is 1.50. The number of thioether (sulfide) groups is 1. The van der Waals surface area contributed by atoms with E-state index in [2.05, 4.69) is 10.3 Å². The van der Waals surface area contributed by atoms with Crippen LogP contribution in [0, 0.1) is 0 Å². The van der Waals surface area contributed by atoms with Crippen molar-refractivity contribution in [2.45, 2.75) is 36.6 Å². The molecule has 5 nitrogen and oxygen atoms in total. The van der Waals surface area contributed by atoms with Crippen LogP contribution in [-0.2, 0) is 11.3 Å². The first-order valence-corrected chi connectivity index (χ1v) is 10.2. The van der Waals surface area contributed by atoms with Crippen molar-refractivity contribution in [1.82, 2.24) is 15.2 Å². The molecule has 1 aliphatic rings. The number of hydrogen-bond acceptors (Lipinski definition) is 4. The zero-order chi connectivity index (χ0) is 19.2. The van der Waals surface area contributed by atoms with Crippen LogP contribution in [0.3, 0.4) is 0 Å². The van der Waals surface area contributed by atoms with Crippen LogP contribution in [0.1, 0.15) is 35.7 Å². The third kappa shape index (κ3) is 5.47. The first kappa shape index (κ1) is 19.7. The van der Waals surface area contributed by atoms with Gasteiger partial charge in [0, 0.05) is 30.9 Å². The van der Waals surface area contributed by atoms with Gasteiger partial charge in [0.15, 0.2) is 0 Å². The molecule has 1 N–H and O–H groups in total. The van der Waals surface area contributed by atoms with Gasteiger partial charge in [-0.25, -0.2) is 4.98 Å². The van der Waals surface area contributed by atoms with Gasteiger partial charge >= 0.3 is 0 Å². The average Bonchev–Trinajstić information content (AvgIpc) is 3.22. The Morgan fingerprint density at radius 3 is 2.52 bits per heavy atom. The quantitative estimate of drug-likeness (QED) is 0.746. The van der Waals surface area contributed by atoms with Gasteiger partial charge in [-0.05, 0) is 49.6 Å². The minimum atomic E-state index is -0.287. The van der Waals surface area contributed by atoms with Crippen molar-refractivity contribution in [3.8, 4) is 0 Å². The van der Waals surface area contributed by atoms with E-state index in [0.29, 0.717) is 17.1 Å². The number of nitrogens with zero attached hydrogens (tertiary/aromatic N) is 2. The summed E-state index contributed by atoms with van der Waals surface area (Å²) in [4.78, 5) is 30.8. The number of benzene rings is 1. The molecule has 2 heterocycles. The third-order valence-corrected chi connectivity index (χ3v) is 5.73. The summed E-state index contributed by atoms with van der Waals surface area (Å²) in [6.07, 6.45) is 3.73. The lowest BCUT2D eigenvalue weighted by Crippen LogP contribution is -2.30. The highest BCUT2D eigenvalue weighted by Gasteiger charge is 2.20. The van der Waals surface area contributed by atoms with Gasteiger partial charge in [-0.2, -0.15) is 0 Å². The Hall–Kier alpha value is -2.05. The summed E-state index contributed by atoms with van der Waals surface area (Å²) in [5.41, 5.74) is 1.59. The Morgan fingerprint density at radius 1 is 1.19 bits per heavy atom. The van der Waals surface area contributed by atoms with Gasteiger partial charge in [0.1, 0.15) is 0 Å². The Morgan fingerprint density at radius 2 is 1.89 bits per heavy atom. The summed E-state index contributed by atoms with van der Waals surface area (Å²) < 4.78 is 0. The van der Waals surface area contributed by atoms with Crippen molar-refractivity contribution in [3.05, 3.63) is 58.7 Å². The molecule has 1 unspecified atom stereocenters. The molecule has 2 amide bonds. The van der Waals surface area contributed by atoms with E-state index in [4.69, 9.17) is 11.6 Å². The topological polar surface area (TPSA) is 62.3 Å². The van der Waals surface area contributed by atoms with Crippen LogP contribution >= 0.6 is 23.4 Å². The average molecular weight is 404 g/mol. The molecule has 142 valence electrons. The van der Waals surface area contributed by atoms with Gasteiger partial charge < -0.3 is 10.2 Å². The highest BCUT2D eigenvalue weighted by atomic mass is 35.5. The van der Waals surface area contributed by atoms with E-state index in [0.717, 1.165) is 36.5 Å². The molecule has 3 rings (SSSR count). The van der Waals surface area contributed by atoms with Crippen LogP contribution < -0.4 is 5.32 Å². The fourth-order valence-corrected chi connectivity index (χ4v) is 3.79. The Kier molecular flexibility index (Phi) is 6.74. The highest BCUT2D eigenvalue weighted by molar-refractivity contribution is 8.00. The lowest BCUT2D eigenvalue weighted by molar-refractivity contribution is -0.120. The highest BCUT2D eigenvalue weighted by Crippen LogP contribution is 2.22. The number of likely N-dealkylation sites (tertiary alicyclic amines) is 1. The molecule has 0 saturated carbocycles. The van der Waals surface area contributed by atoms with Crippen LogP contribution in [0.5, 0.6) is 0 Å². The van der Waals surface area contributed by atoms with Crippen molar-refractivity contribution in [1.29, 1.82) is 0 Å². The van der Waals surface area contributed by atoms with Gasteiger partial charge in [-0.1, -0.05) is 35.5 Å². The number of carbonyl (C=O) groups is 2. The molecule has 7 heteroatoms. The maximum Gasteiger partial charge on any atom is 0.255 e. The zero-order valence-corrected chi connectivity index (χ0v) is 16.7. The molecule has 1 atom stereocenters. The van der Waals surface area contributed by atoms with Gasteiger partial charge in [0.25, 0.3) is 5.91 Å². The van der Waals surface area contributed by atoms with Gasteiger partial charge in [0.2, 0.25) is 5.91 Å². The Bertz CT molecular complexity index is 790. The van der Waals surface area contributed by atoms with Crippen LogP contribution in [0.4, 0.5) is 0 Å². The minimum Gasteiger partial charge on any atom is -0.351 e. The molecule has 0 bridgehead atoms. The van der Waals surface area contributed by atoms with Crippen molar-refractivity contribution in [3.63, 3.8) is 0 Å². The molecule has 0 aliphatic carbocycles. The predicted octanol–water partition coefficient (Wildman–Crippen LogP) is 3.77. The summed E-state index contributed by atoms with van der Waals surface area (Å²) >= 11 is 7.23. The summed E-state index contributed by atoms with van der Waals surface area (Å²) in [5.74, 6) is -0.0284. The number of hydrogen-bond donors (Lipinski definition) is 1. The fraction of sp³-hybridized carbons (Fsp3) is 0.350. The summed E-state index contributed by atoms with van der Waals surface area (Å²) in [6.45, 7) is 3.94. The molecule has 1 aromatic carbocycles. The molecule has 1 saturated heterocycles. The second-order valence-electron chi connectivity index (χ2n) is 6.49. The standard InChI is InChI=1S/C20H22ClN3O2S/c1-14(19(25)23-12-15-4-7-17(21)8-5-15)27-18-9-6-16(13-22-18)20(26)24-10-2-3-11-24/h4-9,13-14H,2-3,10-12H2,1H3,(H,23,25). The number of carbonyl (C=O) groups excluding carboxylic acids is 2. The molecule has 1 aliphatic heterocycles. The maximum atomic E-state index is 12.3. The third-order valence-electron chi connectivity index (χ3n) is 4.42. The van der Waals surface area contributed by atoms with Crippen LogP contribution in [-0.4, -0.2) is 40.0 Å². The van der Waals surface area contributed by atoms with Crippen LogP contribution in [0.15, 0.2) is 47.6 Å². The molecular formula is C20H22ClN3O2S. The Labute approximate surface area is 168 Å². The van der Waals surface area contributed by atoms with Crippen LogP contribution in [0.2, 0.25) is 5.02 Å². The molecule has 27 heavy (non-hydrogen) atoms. The smallest absolute Gasteiger partial charge is 0.255 e. The van der Waals surface area contributed by atoms with Gasteiger partial charge in [-0.3, -0.25) is 9.59 Å². The number of nitrogens with one attached hydrogen (secondary N) is 1. The number of pyridine rings is 1. The van der Waals surface area contributed by atoms with E-state index in [-0.39, 0.29) is 17.1 Å². The van der Waals surface area contributed by atoms with Gasteiger partial charge in [-0.15, -0.1) is 0 Å². The summed E-state index contributed by atoms with van der Waals surface area (Å²) in [6, 6.07) is 11.0. The maximum absolute atomic E-state index is 12.3. The molecule has 2 aromatic rings. The lowest BCUT2D eigenvalue weighted by atomic mass is 10.2. The molecule has 1 fully saturated rings. The predicted molar refractivity (Wildman–Crippen MR) is 108 cm³/mol. The monoisotopic (exact) mass is 403 g/mol. The molecule has 0 spiro atoms. The van der Waals surface area contributed by atoms with E-state index in [1.54, 1.807) is 30.5 Å². The van der Waals surface area contributed by atoms with E-state index in [1.807, 2.05) is 24.0 Å². The molecule has 0 radical (unpaired) electrons.